The van der Waals surface area contributed by atoms with E-state index >= 15 is 0 Å². The van der Waals surface area contributed by atoms with E-state index in [-0.39, 0.29) is 0 Å². The van der Waals surface area contributed by atoms with Crippen LogP contribution < -0.4 is 0 Å². The van der Waals surface area contributed by atoms with Gasteiger partial charge in [-0.1, -0.05) is 91.0 Å². The molecule has 0 radical (unpaired) electrons. The van der Waals surface area contributed by atoms with Crippen molar-refractivity contribution in [2.24, 2.45) is 0 Å². The Hall–Kier alpha value is -4.57. The second-order valence-corrected chi connectivity index (χ2v) is 7.80. The van der Waals surface area contributed by atoms with Gasteiger partial charge >= 0.3 is 0 Å². The van der Waals surface area contributed by atoms with E-state index in [2.05, 4.69) is 53.2 Å². The van der Waals surface area contributed by atoms with Crippen molar-refractivity contribution in [3.63, 3.8) is 0 Å². The smallest absolute Gasteiger partial charge is 0.166 e. The minimum absolute atomic E-state index is 0.649. The zero-order valence-electron chi connectivity index (χ0n) is 17.8. The molecule has 33 heavy (non-hydrogen) atoms. The summed E-state index contributed by atoms with van der Waals surface area (Å²) in [6.45, 7) is 0. The van der Waals surface area contributed by atoms with Gasteiger partial charge in [0.2, 0.25) is 0 Å². The van der Waals surface area contributed by atoms with Gasteiger partial charge in [-0.3, -0.25) is 0 Å². The molecule has 0 unspecified atom stereocenters. The number of aromatic nitrogens is 4. The van der Waals surface area contributed by atoms with E-state index in [4.69, 9.17) is 15.0 Å². The zero-order valence-corrected chi connectivity index (χ0v) is 17.8. The normalized spacial score (nSPS) is 11.0. The molecule has 4 heteroatoms. The lowest BCUT2D eigenvalue weighted by Gasteiger charge is -2.13. The Morgan fingerprint density at radius 2 is 1.00 bits per heavy atom. The first-order valence-electron chi connectivity index (χ1n) is 10.9. The second kappa shape index (κ2) is 8.17. The Morgan fingerprint density at radius 1 is 0.455 bits per heavy atom. The van der Waals surface area contributed by atoms with Gasteiger partial charge in [-0.05, 0) is 29.7 Å². The number of para-hydroxylation sites is 2. The molecule has 0 N–H and O–H groups in total. The lowest BCUT2D eigenvalue weighted by molar-refractivity contribution is 1.06. The quantitative estimate of drug-likeness (QED) is 0.312. The summed E-state index contributed by atoms with van der Waals surface area (Å²) < 4.78 is 2.19. The predicted octanol–water partition coefficient (Wildman–Crippen LogP) is 6.82. The number of nitrogens with zero attached hydrogens (tertiary/aromatic N) is 4. The summed E-state index contributed by atoms with van der Waals surface area (Å²) in [6, 6.07) is 38.9. The van der Waals surface area contributed by atoms with Crippen LogP contribution in [0.2, 0.25) is 0 Å². The molecule has 0 amide bonds. The molecule has 156 valence electrons. The highest BCUT2D eigenvalue weighted by Gasteiger charge is 2.16. The summed E-state index contributed by atoms with van der Waals surface area (Å²) in [5.74, 6) is 1.97. The molecule has 4 aromatic carbocycles. The fourth-order valence-electron chi connectivity index (χ4n) is 4.09. The standard InChI is InChI=1S/C29H20N4/c1-3-12-22(13-4-1)27-30-28(23-14-5-2-6-15-23)32-29(31-27)24-16-8-10-18-26(24)33-20-19-21-11-7-9-17-25(21)33/h1-20H. The van der Waals surface area contributed by atoms with E-state index in [1.807, 2.05) is 72.8 Å². The molecule has 0 saturated carbocycles. The highest BCUT2D eigenvalue weighted by molar-refractivity contribution is 5.84. The van der Waals surface area contributed by atoms with Gasteiger partial charge in [0, 0.05) is 22.9 Å². The molecular weight excluding hydrogens is 404 g/mol. The van der Waals surface area contributed by atoms with E-state index in [9.17, 15) is 0 Å². The van der Waals surface area contributed by atoms with Crippen LogP contribution >= 0.6 is 0 Å². The van der Waals surface area contributed by atoms with Crippen molar-refractivity contribution < 1.29 is 0 Å². The van der Waals surface area contributed by atoms with Crippen molar-refractivity contribution in [3.8, 4) is 39.9 Å². The molecule has 0 aliphatic rings. The van der Waals surface area contributed by atoms with Gasteiger partial charge in [0.05, 0.1) is 11.2 Å². The first-order chi connectivity index (χ1) is 16.4. The Balaban J connectivity index is 1.59. The molecule has 0 aliphatic heterocycles. The Labute approximate surface area is 191 Å². The average molecular weight is 425 g/mol. The van der Waals surface area contributed by atoms with Crippen LogP contribution in [0.1, 0.15) is 0 Å². The monoisotopic (exact) mass is 424 g/mol. The molecule has 0 fully saturated rings. The largest absolute Gasteiger partial charge is 0.316 e. The summed E-state index contributed by atoms with van der Waals surface area (Å²) >= 11 is 0. The van der Waals surface area contributed by atoms with Gasteiger partial charge in [0.1, 0.15) is 0 Å². The molecule has 6 aromatic rings. The highest BCUT2D eigenvalue weighted by Crippen LogP contribution is 2.30. The maximum atomic E-state index is 4.91. The number of rotatable bonds is 4. The molecule has 6 rings (SSSR count). The fraction of sp³-hybridized carbons (Fsp3) is 0. The van der Waals surface area contributed by atoms with E-state index in [0.717, 1.165) is 27.9 Å². The average Bonchev–Trinajstić information content (AvgIpc) is 3.33. The topological polar surface area (TPSA) is 43.6 Å². The van der Waals surface area contributed by atoms with Crippen molar-refractivity contribution in [3.05, 3.63) is 121 Å². The maximum Gasteiger partial charge on any atom is 0.166 e. The van der Waals surface area contributed by atoms with Crippen LogP contribution in [0.3, 0.4) is 0 Å². The lowest BCUT2D eigenvalue weighted by Crippen LogP contribution is -2.03. The predicted molar refractivity (Wildman–Crippen MR) is 133 cm³/mol. The van der Waals surface area contributed by atoms with Crippen LogP contribution in [0.15, 0.2) is 121 Å². The second-order valence-electron chi connectivity index (χ2n) is 7.80. The lowest BCUT2D eigenvalue weighted by atomic mass is 10.1. The van der Waals surface area contributed by atoms with Gasteiger partial charge in [-0.25, -0.2) is 15.0 Å². The minimum atomic E-state index is 0.649. The molecule has 2 heterocycles. The van der Waals surface area contributed by atoms with Crippen molar-refractivity contribution in [1.82, 2.24) is 19.5 Å². The van der Waals surface area contributed by atoms with Crippen molar-refractivity contribution in [1.29, 1.82) is 0 Å². The third-order valence-corrected chi connectivity index (χ3v) is 5.70. The molecule has 0 saturated heterocycles. The van der Waals surface area contributed by atoms with Gasteiger partial charge < -0.3 is 4.57 Å². The molecule has 4 nitrogen and oxygen atoms in total. The van der Waals surface area contributed by atoms with Crippen LogP contribution in [-0.2, 0) is 0 Å². The first kappa shape index (κ1) is 19.1. The summed E-state index contributed by atoms with van der Waals surface area (Å²) in [5.41, 5.74) is 5.05. The number of benzene rings is 4. The maximum absolute atomic E-state index is 4.91. The van der Waals surface area contributed by atoms with Crippen LogP contribution in [0.5, 0.6) is 0 Å². The Kier molecular flexibility index (Phi) is 4.74. The molecule has 2 aromatic heterocycles. The van der Waals surface area contributed by atoms with Crippen molar-refractivity contribution in [2.75, 3.05) is 0 Å². The fourth-order valence-corrected chi connectivity index (χ4v) is 4.09. The van der Waals surface area contributed by atoms with Crippen LogP contribution in [0.4, 0.5) is 0 Å². The number of hydrogen-bond acceptors (Lipinski definition) is 3. The molecule has 0 atom stereocenters. The first-order valence-corrected chi connectivity index (χ1v) is 10.9. The third-order valence-electron chi connectivity index (χ3n) is 5.70. The van der Waals surface area contributed by atoms with Crippen LogP contribution in [0, 0.1) is 0 Å². The van der Waals surface area contributed by atoms with Crippen LogP contribution in [0.25, 0.3) is 50.8 Å². The van der Waals surface area contributed by atoms with Gasteiger partial charge in [0.25, 0.3) is 0 Å². The Bertz CT molecular complexity index is 1500. The summed E-state index contributed by atoms with van der Waals surface area (Å²) in [7, 11) is 0. The van der Waals surface area contributed by atoms with Gasteiger partial charge in [0.15, 0.2) is 17.5 Å². The zero-order chi connectivity index (χ0) is 22.0. The van der Waals surface area contributed by atoms with Gasteiger partial charge in [-0.2, -0.15) is 0 Å². The van der Waals surface area contributed by atoms with Gasteiger partial charge in [-0.15, -0.1) is 0 Å². The summed E-state index contributed by atoms with van der Waals surface area (Å²) in [6.07, 6.45) is 2.10. The van der Waals surface area contributed by atoms with Crippen LogP contribution in [-0.4, -0.2) is 19.5 Å². The number of fused-ring (bicyclic) bond motifs is 1. The van der Waals surface area contributed by atoms with E-state index < -0.39 is 0 Å². The number of hydrogen-bond donors (Lipinski definition) is 0. The minimum Gasteiger partial charge on any atom is -0.316 e. The van der Waals surface area contributed by atoms with Crippen molar-refractivity contribution >= 4 is 10.9 Å². The van der Waals surface area contributed by atoms with E-state index in [1.165, 1.54) is 5.39 Å². The third kappa shape index (κ3) is 3.58. The SMILES string of the molecule is c1ccc(-c2nc(-c3ccccc3)nc(-c3ccccc3-n3ccc4ccccc43)n2)cc1. The summed E-state index contributed by atoms with van der Waals surface area (Å²) in [5, 5.41) is 1.19. The molecular formula is C29H20N4. The van der Waals surface area contributed by atoms with Crippen molar-refractivity contribution in [2.45, 2.75) is 0 Å². The molecule has 0 aliphatic carbocycles. The summed E-state index contributed by atoms with van der Waals surface area (Å²) in [4.78, 5) is 14.6. The van der Waals surface area contributed by atoms with E-state index in [0.29, 0.717) is 17.5 Å². The molecule has 0 spiro atoms. The van der Waals surface area contributed by atoms with E-state index in [1.54, 1.807) is 0 Å². The highest BCUT2D eigenvalue weighted by atomic mass is 15.0. The molecule has 0 bridgehead atoms. The Morgan fingerprint density at radius 3 is 1.70 bits per heavy atom.